The number of aliphatic hydroxyl groups is 2. The molecule has 2 fully saturated rings. The lowest BCUT2D eigenvalue weighted by Crippen LogP contribution is -2.41. The third kappa shape index (κ3) is 4.32. The summed E-state index contributed by atoms with van der Waals surface area (Å²) in [5.74, 6) is 1.44. The molecule has 3 nitrogen and oxygen atoms in total. The van der Waals surface area contributed by atoms with Crippen molar-refractivity contribution in [1.29, 1.82) is 0 Å². The number of hydrogen-bond acceptors (Lipinski definition) is 4. The van der Waals surface area contributed by atoms with Gasteiger partial charge in [0.1, 0.15) is 5.78 Å². The first-order valence-electron chi connectivity index (χ1n) is 9.10. The van der Waals surface area contributed by atoms with Crippen LogP contribution in [0.25, 0.3) is 0 Å². The number of hydrogen-bond donors (Lipinski definition) is 2. The molecule has 4 heteroatoms. The highest BCUT2D eigenvalue weighted by molar-refractivity contribution is 7.99. The zero-order valence-corrected chi connectivity index (χ0v) is 16.0. The molecule has 2 rings (SSSR count). The van der Waals surface area contributed by atoms with Gasteiger partial charge in [0.15, 0.2) is 0 Å². The molecular formula is C19H34O3S. The van der Waals surface area contributed by atoms with Crippen LogP contribution in [0.1, 0.15) is 65.7 Å². The van der Waals surface area contributed by atoms with E-state index in [1.54, 1.807) is 0 Å². The number of rotatable bonds is 7. The van der Waals surface area contributed by atoms with Crippen molar-refractivity contribution in [3.8, 4) is 0 Å². The van der Waals surface area contributed by atoms with Gasteiger partial charge in [-0.3, -0.25) is 4.79 Å². The summed E-state index contributed by atoms with van der Waals surface area (Å²) in [6.07, 6.45) is 8.89. The van der Waals surface area contributed by atoms with Gasteiger partial charge in [0.05, 0.1) is 5.60 Å². The molecule has 0 radical (unpaired) electrons. The number of Topliss-reactive ketones (excluding diaryl/α,β-unsaturated/α-hetero) is 1. The molecule has 0 aromatic carbocycles. The minimum atomic E-state index is -0.737. The monoisotopic (exact) mass is 342 g/mol. The Balaban J connectivity index is 2.09. The fourth-order valence-corrected chi connectivity index (χ4v) is 6.50. The predicted molar refractivity (Wildman–Crippen MR) is 96.6 cm³/mol. The number of thioether (sulfide) groups is 1. The Morgan fingerprint density at radius 1 is 1.39 bits per heavy atom. The molecular weight excluding hydrogens is 308 g/mol. The maximum absolute atomic E-state index is 12.3. The Labute approximate surface area is 145 Å². The van der Waals surface area contributed by atoms with Gasteiger partial charge >= 0.3 is 0 Å². The van der Waals surface area contributed by atoms with E-state index >= 15 is 0 Å². The second kappa shape index (κ2) is 7.45. The van der Waals surface area contributed by atoms with E-state index < -0.39 is 5.60 Å². The second-order valence-corrected chi connectivity index (χ2v) is 9.71. The summed E-state index contributed by atoms with van der Waals surface area (Å²) < 4.78 is 0. The third-order valence-electron chi connectivity index (χ3n) is 6.30. The Morgan fingerprint density at radius 3 is 2.65 bits per heavy atom. The second-order valence-electron chi connectivity index (χ2n) is 8.64. The van der Waals surface area contributed by atoms with Crippen molar-refractivity contribution in [3.63, 3.8) is 0 Å². The summed E-state index contributed by atoms with van der Waals surface area (Å²) in [7, 11) is 0. The maximum Gasteiger partial charge on any atom is 0.136 e. The first kappa shape index (κ1) is 19.3. The topological polar surface area (TPSA) is 57.5 Å². The fourth-order valence-electron chi connectivity index (χ4n) is 5.26. The zero-order valence-electron chi connectivity index (χ0n) is 15.2. The molecule has 0 heterocycles. The summed E-state index contributed by atoms with van der Waals surface area (Å²) >= 11 is 1.89. The van der Waals surface area contributed by atoms with Gasteiger partial charge in [-0.2, -0.15) is 11.8 Å². The summed E-state index contributed by atoms with van der Waals surface area (Å²) in [5, 5.41) is 20.3. The van der Waals surface area contributed by atoms with E-state index in [9.17, 15) is 15.0 Å². The highest BCUT2D eigenvalue weighted by Gasteiger charge is 2.53. The lowest BCUT2D eigenvalue weighted by molar-refractivity contribution is -0.129. The van der Waals surface area contributed by atoms with Gasteiger partial charge in [-0.25, -0.2) is 0 Å². The summed E-state index contributed by atoms with van der Waals surface area (Å²) in [4.78, 5) is 12.3. The van der Waals surface area contributed by atoms with Crippen molar-refractivity contribution in [2.24, 2.45) is 23.2 Å². The van der Waals surface area contributed by atoms with Crippen molar-refractivity contribution in [3.05, 3.63) is 0 Å². The smallest absolute Gasteiger partial charge is 0.136 e. The summed E-state index contributed by atoms with van der Waals surface area (Å²) in [6.45, 7) is 6.10. The molecule has 2 saturated carbocycles. The van der Waals surface area contributed by atoms with Crippen molar-refractivity contribution >= 4 is 17.5 Å². The molecule has 2 N–H and O–H groups in total. The molecule has 0 spiro atoms. The molecule has 0 aliphatic heterocycles. The largest absolute Gasteiger partial charge is 0.396 e. The molecule has 134 valence electrons. The normalized spacial score (nSPS) is 34.3. The number of fused-ring (bicyclic) bond motifs is 1. The van der Waals surface area contributed by atoms with E-state index in [0.29, 0.717) is 23.4 Å². The quantitative estimate of drug-likeness (QED) is 0.741. The molecule has 0 aromatic rings. The number of aliphatic hydroxyl groups excluding tert-OH is 1. The molecule has 5 atom stereocenters. The minimum absolute atomic E-state index is 0.132. The van der Waals surface area contributed by atoms with Gasteiger partial charge in [0, 0.05) is 24.2 Å². The van der Waals surface area contributed by atoms with Crippen LogP contribution in [-0.4, -0.2) is 39.7 Å². The Morgan fingerprint density at radius 2 is 2.09 bits per heavy atom. The first-order chi connectivity index (χ1) is 10.7. The van der Waals surface area contributed by atoms with Crippen molar-refractivity contribution in [2.75, 3.05) is 12.9 Å². The number of carbonyl (C=O) groups excluding carboxylic acids is 1. The van der Waals surface area contributed by atoms with Gasteiger partial charge in [-0.1, -0.05) is 6.92 Å². The van der Waals surface area contributed by atoms with Crippen LogP contribution in [-0.2, 0) is 4.79 Å². The standard InChI is InChI=1S/C19H34O3S/c1-18(2,22)11-13(12-20)10-17(23-4)15-8-7-14-16(21)6-5-9-19(14,15)3/h13-15,17,20,22H,5-12H2,1-4H3/t13-,14?,15?,17?,19+/m1/s1. The Bertz CT molecular complexity index is 417. The lowest BCUT2D eigenvalue weighted by atomic mass is 9.63. The molecule has 2 aliphatic carbocycles. The van der Waals surface area contributed by atoms with Gasteiger partial charge in [-0.05, 0) is 75.9 Å². The predicted octanol–water partition coefficient (Wildman–Crippen LogP) is 3.66. The molecule has 0 saturated heterocycles. The van der Waals surface area contributed by atoms with Crippen LogP contribution in [0.15, 0.2) is 0 Å². The van der Waals surface area contributed by atoms with Gasteiger partial charge in [-0.15, -0.1) is 0 Å². The van der Waals surface area contributed by atoms with Crippen LogP contribution >= 0.6 is 11.8 Å². The van der Waals surface area contributed by atoms with E-state index in [4.69, 9.17) is 0 Å². The Kier molecular flexibility index (Phi) is 6.24. The molecule has 23 heavy (non-hydrogen) atoms. The van der Waals surface area contributed by atoms with Crippen molar-refractivity contribution in [1.82, 2.24) is 0 Å². The average Bonchev–Trinajstić information content (AvgIpc) is 2.80. The fraction of sp³-hybridized carbons (Fsp3) is 0.947. The number of ketones is 1. The highest BCUT2D eigenvalue weighted by Crippen LogP contribution is 2.57. The van der Waals surface area contributed by atoms with E-state index in [-0.39, 0.29) is 23.9 Å². The molecule has 0 bridgehead atoms. The van der Waals surface area contributed by atoms with Crippen molar-refractivity contribution < 1.29 is 15.0 Å². The van der Waals surface area contributed by atoms with E-state index in [1.165, 1.54) is 6.42 Å². The first-order valence-corrected chi connectivity index (χ1v) is 10.4. The SMILES string of the molecule is CSC(C[C@@H](CO)CC(C)(C)O)C1CCC2C(=O)CCC[C@@]21C. The lowest BCUT2D eigenvalue weighted by Gasteiger charge is -2.43. The zero-order chi connectivity index (χ0) is 17.3. The van der Waals surface area contributed by atoms with E-state index in [1.807, 2.05) is 25.6 Å². The van der Waals surface area contributed by atoms with Gasteiger partial charge in [0.25, 0.3) is 0 Å². The third-order valence-corrected chi connectivity index (χ3v) is 7.43. The number of carbonyl (C=O) groups is 1. The Hall–Kier alpha value is -0.0600. The highest BCUT2D eigenvalue weighted by atomic mass is 32.2. The molecule has 2 aliphatic rings. The molecule has 3 unspecified atom stereocenters. The van der Waals surface area contributed by atoms with Crippen LogP contribution in [0.3, 0.4) is 0 Å². The minimum Gasteiger partial charge on any atom is -0.396 e. The average molecular weight is 343 g/mol. The summed E-state index contributed by atoms with van der Waals surface area (Å²) in [6, 6.07) is 0. The van der Waals surface area contributed by atoms with E-state index in [2.05, 4.69) is 13.2 Å². The van der Waals surface area contributed by atoms with Crippen LogP contribution in [0.5, 0.6) is 0 Å². The molecule has 0 amide bonds. The molecule has 0 aromatic heterocycles. The maximum atomic E-state index is 12.3. The van der Waals surface area contributed by atoms with Crippen molar-refractivity contribution in [2.45, 2.75) is 76.6 Å². The van der Waals surface area contributed by atoms with Crippen LogP contribution < -0.4 is 0 Å². The van der Waals surface area contributed by atoms with Gasteiger partial charge < -0.3 is 10.2 Å². The van der Waals surface area contributed by atoms with Gasteiger partial charge in [0.2, 0.25) is 0 Å². The van der Waals surface area contributed by atoms with Crippen LogP contribution in [0, 0.1) is 23.2 Å². The van der Waals surface area contributed by atoms with E-state index in [0.717, 1.165) is 32.1 Å². The summed E-state index contributed by atoms with van der Waals surface area (Å²) in [5.41, 5.74) is -0.586. The van der Waals surface area contributed by atoms with Crippen LogP contribution in [0.2, 0.25) is 0 Å². The van der Waals surface area contributed by atoms with Crippen LogP contribution in [0.4, 0.5) is 0 Å².